The SMILES string of the molecule is CNC(=O)[C@H](C)N(Cc1ccc(C)cc1)C(=O)CCSc1ccc(C)cc1. The second-order valence-electron chi connectivity index (χ2n) is 6.71. The number of rotatable bonds is 8. The molecule has 0 saturated heterocycles. The number of likely N-dealkylation sites (N-methyl/N-ethyl adjacent to an activating group) is 1. The third-order valence-corrected chi connectivity index (χ3v) is 5.51. The number of aryl methyl sites for hydroxylation is 2. The van der Waals surface area contributed by atoms with Gasteiger partial charge in [-0.05, 0) is 38.5 Å². The van der Waals surface area contributed by atoms with E-state index in [0.717, 1.165) is 10.5 Å². The molecule has 27 heavy (non-hydrogen) atoms. The van der Waals surface area contributed by atoms with Crippen molar-refractivity contribution in [1.29, 1.82) is 0 Å². The zero-order valence-corrected chi connectivity index (χ0v) is 17.3. The molecule has 2 rings (SSSR count). The van der Waals surface area contributed by atoms with Gasteiger partial charge in [-0.15, -0.1) is 11.8 Å². The molecular weight excluding hydrogens is 356 g/mol. The Morgan fingerprint density at radius 2 is 1.56 bits per heavy atom. The van der Waals surface area contributed by atoms with Crippen molar-refractivity contribution < 1.29 is 9.59 Å². The summed E-state index contributed by atoms with van der Waals surface area (Å²) in [5, 5.41) is 2.64. The summed E-state index contributed by atoms with van der Waals surface area (Å²) < 4.78 is 0. The first-order valence-electron chi connectivity index (χ1n) is 9.16. The number of carbonyl (C=O) groups is 2. The molecule has 1 N–H and O–H groups in total. The third-order valence-electron chi connectivity index (χ3n) is 4.49. The fourth-order valence-electron chi connectivity index (χ4n) is 2.72. The molecule has 0 aliphatic heterocycles. The van der Waals surface area contributed by atoms with E-state index in [4.69, 9.17) is 0 Å². The van der Waals surface area contributed by atoms with E-state index in [-0.39, 0.29) is 11.8 Å². The molecule has 0 aliphatic carbocycles. The van der Waals surface area contributed by atoms with Crippen LogP contribution in [0.15, 0.2) is 53.4 Å². The monoisotopic (exact) mass is 384 g/mol. The molecule has 5 heteroatoms. The van der Waals surface area contributed by atoms with E-state index >= 15 is 0 Å². The van der Waals surface area contributed by atoms with E-state index in [1.807, 2.05) is 31.2 Å². The summed E-state index contributed by atoms with van der Waals surface area (Å²) in [7, 11) is 1.60. The molecule has 2 amide bonds. The summed E-state index contributed by atoms with van der Waals surface area (Å²) in [6.45, 7) is 6.30. The van der Waals surface area contributed by atoms with Gasteiger partial charge in [0, 0.05) is 30.7 Å². The minimum Gasteiger partial charge on any atom is -0.357 e. The maximum absolute atomic E-state index is 12.9. The Morgan fingerprint density at radius 3 is 2.11 bits per heavy atom. The highest BCUT2D eigenvalue weighted by Gasteiger charge is 2.25. The first-order chi connectivity index (χ1) is 12.9. The number of hydrogen-bond donors (Lipinski definition) is 1. The molecule has 2 aromatic rings. The van der Waals surface area contributed by atoms with Crippen molar-refractivity contribution in [3.63, 3.8) is 0 Å². The zero-order valence-electron chi connectivity index (χ0n) is 16.5. The van der Waals surface area contributed by atoms with Crippen molar-refractivity contribution >= 4 is 23.6 Å². The van der Waals surface area contributed by atoms with Crippen molar-refractivity contribution in [2.75, 3.05) is 12.8 Å². The molecule has 4 nitrogen and oxygen atoms in total. The molecule has 144 valence electrons. The van der Waals surface area contributed by atoms with Gasteiger partial charge in [0.25, 0.3) is 0 Å². The van der Waals surface area contributed by atoms with E-state index < -0.39 is 6.04 Å². The smallest absolute Gasteiger partial charge is 0.242 e. The quantitative estimate of drug-likeness (QED) is 0.701. The minimum absolute atomic E-state index is 0.00807. The predicted octanol–water partition coefficient (Wildman–Crippen LogP) is 3.95. The van der Waals surface area contributed by atoms with E-state index in [9.17, 15) is 9.59 Å². The van der Waals surface area contributed by atoms with Gasteiger partial charge in [0.1, 0.15) is 6.04 Å². The van der Waals surface area contributed by atoms with Crippen LogP contribution in [-0.2, 0) is 16.1 Å². The van der Waals surface area contributed by atoms with Crippen molar-refractivity contribution in [2.45, 2.75) is 44.7 Å². The van der Waals surface area contributed by atoms with Crippen molar-refractivity contribution in [3.8, 4) is 0 Å². The molecule has 0 bridgehead atoms. The molecule has 0 spiro atoms. The molecular formula is C22H28N2O2S. The van der Waals surface area contributed by atoms with Crippen molar-refractivity contribution in [1.82, 2.24) is 10.2 Å². The fraction of sp³-hybridized carbons (Fsp3) is 0.364. The molecule has 1 atom stereocenters. The van der Waals surface area contributed by atoms with Gasteiger partial charge in [-0.2, -0.15) is 0 Å². The predicted molar refractivity (Wildman–Crippen MR) is 112 cm³/mol. The van der Waals surface area contributed by atoms with Gasteiger partial charge in [0.05, 0.1) is 0 Å². The summed E-state index contributed by atoms with van der Waals surface area (Å²) in [6, 6.07) is 15.8. The van der Waals surface area contributed by atoms with Crippen LogP contribution < -0.4 is 5.32 Å². The number of carbonyl (C=O) groups excluding carboxylic acids is 2. The molecule has 0 aliphatic rings. The Bertz CT molecular complexity index is 757. The molecule has 0 radical (unpaired) electrons. The Hall–Kier alpha value is -2.27. The second kappa shape index (κ2) is 10.2. The lowest BCUT2D eigenvalue weighted by Gasteiger charge is -2.28. The van der Waals surface area contributed by atoms with Gasteiger partial charge in [-0.3, -0.25) is 9.59 Å². The number of amides is 2. The molecule has 2 aromatic carbocycles. The summed E-state index contributed by atoms with van der Waals surface area (Å²) in [5.74, 6) is 0.528. The summed E-state index contributed by atoms with van der Waals surface area (Å²) in [5.41, 5.74) is 3.42. The normalized spacial score (nSPS) is 11.7. The summed E-state index contributed by atoms with van der Waals surface area (Å²) >= 11 is 1.66. The molecule has 0 heterocycles. The largest absolute Gasteiger partial charge is 0.357 e. The molecule has 0 fully saturated rings. The standard InChI is InChI=1S/C22H28N2O2S/c1-16-5-9-19(10-6-16)15-24(18(3)22(26)23-4)21(25)13-14-27-20-11-7-17(2)8-12-20/h5-12,18H,13-15H2,1-4H3,(H,23,26)/t18-/m0/s1. The number of benzene rings is 2. The van der Waals surface area contributed by atoms with Gasteiger partial charge < -0.3 is 10.2 Å². The average molecular weight is 385 g/mol. The van der Waals surface area contributed by atoms with Crippen molar-refractivity contribution in [2.24, 2.45) is 0 Å². The van der Waals surface area contributed by atoms with Gasteiger partial charge in [-0.25, -0.2) is 0 Å². The number of hydrogen-bond acceptors (Lipinski definition) is 3. The van der Waals surface area contributed by atoms with Crippen LogP contribution in [0.2, 0.25) is 0 Å². The highest BCUT2D eigenvalue weighted by atomic mass is 32.2. The first-order valence-corrected chi connectivity index (χ1v) is 10.2. The average Bonchev–Trinajstić information content (AvgIpc) is 2.67. The fourth-order valence-corrected chi connectivity index (χ4v) is 3.56. The lowest BCUT2D eigenvalue weighted by Crippen LogP contribution is -2.46. The molecule has 0 unspecified atom stereocenters. The van der Waals surface area contributed by atoms with E-state index in [1.165, 1.54) is 11.1 Å². The molecule has 0 aromatic heterocycles. The Kier molecular flexibility index (Phi) is 7.92. The van der Waals surface area contributed by atoms with Gasteiger partial charge in [-0.1, -0.05) is 47.5 Å². The van der Waals surface area contributed by atoms with Crippen LogP contribution in [0.3, 0.4) is 0 Å². The van der Waals surface area contributed by atoms with Gasteiger partial charge in [0.2, 0.25) is 11.8 Å². The van der Waals surface area contributed by atoms with Crippen LogP contribution in [-0.4, -0.2) is 35.6 Å². The van der Waals surface area contributed by atoms with Crippen LogP contribution in [0.1, 0.15) is 30.0 Å². The summed E-state index contributed by atoms with van der Waals surface area (Å²) in [6.07, 6.45) is 0.395. The number of thioether (sulfide) groups is 1. The Balaban J connectivity index is 2.02. The third kappa shape index (κ3) is 6.43. The lowest BCUT2D eigenvalue weighted by molar-refractivity contribution is -0.140. The number of nitrogens with one attached hydrogen (secondary N) is 1. The Labute approximate surface area is 166 Å². The highest BCUT2D eigenvalue weighted by Crippen LogP contribution is 2.20. The van der Waals surface area contributed by atoms with E-state index in [0.29, 0.717) is 18.7 Å². The first kappa shape index (κ1) is 21.0. The minimum atomic E-state index is -0.506. The second-order valence-corrected chi connectivity index (χ2v) is 7.88. The molecule has 0 saturated carbocycles. The van der Waals surface area contributed by atoms with Crippen LogP contribution >= 0.6 is 11.8 Å². The van der Waals surface area contributed by atoms with Crippen LogP contribution in [0.4, 0.5) is 0 Å². The van der Waals surface area contributed by atoms with Crippen molar-refractivity contribution in [3.05, 3.63) is 65.2 Å². The van der Waals surface area contributed by atoms with Crippen LogP contribution in [0, 0.1) is 13.8 Å². The van der Waals surface area contributed by atoms with Gasteiger partial charge in [0.15, 0.2) is 0 Å². The zero-order chi connectivity index (χ0) is 19.8. The highest BCUT2D eigenvalue weighted by molar-refractivity contribution is 7.99. The van der Waals surface area contributed by atoms with Crippen LogP contribution in [0.25, 0.3) is 0 Å². The summed E-state index contributed by atoms with van der Waals surface area (Å²) in [4.78, 5) is 27.8. The topological polar surface area (TPSA) is 49.4 Å². The maximum atomic E-state index is 12.9. The Morgan fingerprint density at radius 1 is 1.00 bits per heavy atom. The van der Waals surface area contributed by atoms with Gasteiger partial charge >= 0.3 is 0 Å². The number of nitrogens with zero attached hydrogens (tertiary/aromatic N) is 1. The van der Waals surface area contributed by atoms with E-state index in [1.54, 1.807) is 30.6 Å². The maximum Gasteiger partial charge on any atom is 0.242 e. The lowest BCUT2D eigenvalue weighted by atomic mass is 10.1. The van der Waals surface area contributed by atoms with Crippen LogP contribution in [0.5, 0.6) is 0 Å². The van der Waals surface area contributed by atoms with E-state index in [2.05, 4.69) is 36.5 Å².